The maximum Gasteiger partial charge on any atom is 0.441 e. The summed E-state index contributed by atoms with van der Waals surface area (Å²) in [5.41, 5.74) is 12.6. The van der Waals surface area contributed by atoms with Gasteiger partial charge in [0.05, 0.1) is 0 Å². The fourth-order valence-corrected chi connectivity index (χ4v) is 9.58. The zero-order valence-corrected chi connectivity index (χ0v) is 39.5. The number of nitrogens with two attached hydrogens (primary N) is 2. The van der Waals surface area contributed by atoms with Crippen LogP contribution < -0.4 is 43.4 Å². The minimum Gasteiger partial charge on any atom is -0.393 e. The lowest BCUT2D eigenvalue weighted by molar-refractivity contribution is -0.146. The van der Waals surface area contributed by atoms with E-state index in [1.54, 1.807) is 0 Å². The average molecular weight is 941 g/mol. The largest absolute Gasteiger partial charge is 0.441 e. The number of guanidine groups is 2. The summed E-state index contributed by atoms with van der Waals surface area (Å²) in [7, 11) is -0.361. The summed E-state index contributed by atoms with van der Waals surface area (Å²) in [4.78, 5) is 57.4. The minimum atomic E-state index is -1.32. The molecule has 0 radical (unpaired) electrons. The Morgan fingerprint density at radius 2 is 0.797 bits per heavy atom. The number of amides is 4. The Morgan fingerprint density at radius 3 is 1.09 bits per heavy atom. The predicted octanol–water partition coefficient (Wildman–Crippen LogP) is 4.71. The minimum absolute atomic E-state index is 0.129. The van der Waals surface area contributed by atoms with E-state index in [1.807, 2.05) is 121 Å². The maximum atomic E-state index is 14.4. The monoisotopic (exact) mass is 941 g/mol. The lowest BCUT2D eigenvalue weighted by Crippen LogP contribution is -2.54. The first-order chi connectivity index (χ1) is 33.5. The quantitative estimate of drug-likeness (QED) is 0.0104. The van der Waals surface area contributed by atoms with Crippen LogP contribution in [0, 0.1) is 21.6 Å². The van der Waals surface area contributed by atoms with Crippen LogP contribution in [0.4, 0.5) is 0 Å². The van der Waals surface area contributed by atoms with Gasteiger partial charge in [0, 0.05) is 38.0 Å². The fourth-order valence-electron chi connectivity index (χ4n) is 9.58. The van der Waals surface area contributed by atoms with Crippen LogP contribution >= 0.6 is 0 Å². The predicted molar refractivity (Wildman–Crippen MR) is 269 cm³/mol. The first-order valence-electron chi connectivity index (χ1n) is 24.3. The number of benzene rings is 4. The van der Waals surface area contributed by atoms with Crippen molar-refractivity contribution in [2.24, 2.45) is 22.3 Å². The molecule has 69 heavy (non-hydrogen) atoms. The van der Waals surface area contributed by atoms with Crippen LogP contribution in [-0.2, 0) is 28.5 Å². The van der Waals surface area contributed by atoms with Crippen LogP contribution in [0.1, 0.15) is 111 Å². The van der Waals surface area contributed by atoms with Crippen molar-refractivity contribution in [3.05, 3.63) is 144 Å². The molecule has 2 atom stereocenters. The second kappa shape index (κ2) is 26.2. The third-order valence-corrected chi connectivity index (χ3v) is 13.4. The molecule has 2 unspecified atom stereocenters. The molecule has 4 aromatic carbocycles. The van der Waals surface area contributed by atoms with Gasteiger partial charge in [0.15, 0.2) is 11.9 Å². The highest BCUT2D eigenvalue weighted by Crippen LogP contribution is 2.40. The van der Waals surface area contributed by atoms with Crippen LogP contribution in [0.25, 0.3) is 0 Å². The Bertz CT molecular complexity index is 2030. The number of nitrogens with one attached hydrogen (secondary N) is 8. The van der Waals surface area contributed by atoms with Crippen LogP contribution in [0.5, 0.6) is 0 Å². The molecule has 16 nitrogen and oxygen atoms in total. The van der Waals surface area contributed by atoms with Gasteiger partial charge in [-0.05, 0) is 73.6 Å². The molecule has 0 heterocycles. The van der Waals surface area contributed by atoms with Crippen molar-refractivity contribution in [3.8, 4) is 0 Å². The molecule has 0 aromatic heterocycles. The Morgan fingerprint density at radius 1 is 0.493 bits per heavy atom. The van der Waals surface area contributed by atoms with E-state index >= 15 is 0 Å². The van der Waals surface area contributed by atoms with Crippen molar-refractivity contribution in [3.63, 3.8) is 0 Å². The van der Waals surface area contributed by atoms with Gasteiger partial charge in [-0.3, -0.25) is 30.0 Å². The van der Waals surface area contributed by atoms with E-state index in [0.29, 0.717) is 90.4 Å². The molecule has 2 fully saturated rings. The van der Waals surface area contributed by atoms with Crippen LogP contribution in [-0.4, -0.2) is 81.9 Å². The van der Waals surface area contributed by atoms with E-state index in [4.69, 9.17) is 31.6 Å². The van der Waals surface area contributed by atoms with E-state index in [0.717, 1.165) is 22.3 Å². The van der Waals surface area contributed by atoms with Gasteiger partial charge in [0.2, 0.25) is 23.6 Å². The summed E-state index contributed by atoms with van der Waals surface area (Å²) >= 11 is 0. The molecule has 4 amide bonds. The summed E-state index contributed by atoms with van der Waals surface area (Å²) in [6, 6.07) is 39.8. The van der Waals surface area contributed by atoms with Gasteiger partial charge in [0.25, 0.3) is 0 Å². The van der Waals surface area contributed by atoms with Crippen molar-refractivity contribution in [1.82, 2.24) is 31.9 Å². The van der Waals surface area contributed by atoms with Crippen molar-refractivity contribution in [2.45, 2.75) is 101 Å². The van der Waals surface area contributed by atoms with Crippen LogP contribution in [0.3, 0.4) is 0 Å². The topological polar surface area (TPSA) is 259 Å². The number of rotatable bonds is 26. The van der Waals surface area contributed by atoms with E-state index in [-0.39, 0.29) is 56.1 Å². The summed E-state index contributed by atoms with van der Waals surface area (Å²) < 4.78 is 12.4. The molecule has 366 valence electrons. The second-order valence-corrected chi connectivity index (χ2v) is 18.1. The molecule has 0 saturated heterocycles. The number of carbonyl (C=O) groups excluding carboxylic acids is 4. The smallest absolute Gasteiger partial charge is 0.393 e. The number of carbonyl (C=O) groups is 4. The van der Waals surface area contributed by atoms with Gasteiger partial charge in [0.1, 0.15) is 23.3 Å². The first kappa shape index (κ1) is 51.7. The van der Waals surface area contributed by atoms with Crippen molar-refractivity contribution < 1.29 is 28.5 Å². The molecule has 17 heteroatoms. The molecule has 0 aliphatic heterocycles. The lowest BCUT2D eigenvalue weighted by atomic mass is 9.83. The summed E-state index contributed by atoms with van der Waals surface area (Å²) in [6.07, 6.45) is 3.96. The molecule has 0 bridgehead atoms. The van der Waals surface area contributed by atoms with E-state index < -0.39 is 35.1 Å². The van der Waals surface area contributed by atoms with Crippen molar-refractivity contribution in [1.29, 1.82) is 10.8 Å². The molecule has 6 rings (SSSR count). The molecule has 2 aliphatic carbocycles. The standard InChI is InChI=1S/C52H69BN10O6/c54-49(55)58-33-17-27-43(62-47(66)51(29-13-14-30-51)45(64)60-35-41(37-19-5-1-6-20-37)38-21-7-2-8-22-38)68-53-69-44(28-18-34-59-50(56)57)63-48(67)52(31-15-16-32-52)46(65)61-36-42(39-23-9-3-10-24-39)40-25-11-4-12-26-40/h1-12,19-26,41-44,53H,13-18,27-36H2,(H,60,64)(H,61,65)(H,62,66)(H,63,67)(H4,54,55,58)(H4,56,57,59). The highest BCUT2D eigenvalue weighted by molar-refractivity contribution is 6.18. The molecule has 0 spiro atoms. The Hall–Kier alpha value is -6.72. The normalized spacial score (nSPS) is 15.6. The third-order valence-electron chi connectivity index (χ3n) is 13.4. The van der Waals surface area contributed by atoms with Gasteiger partial charge in [-0.2, -0.15) is 0 Å². The molecule has 4 aromatic rings. The zero-order valence-electron chi connectivity index (χ0n) is 39.5. The van der Waals surface area contributed by atoms with Crippen LogP contribution in [0.2, 0.25) is 0 Å². The molecular weight excluding hydrogens is 871 g/mol. The SMILES string of the molecule is N=C(N)NCCCC(NC(=O)C1(C(=O)NCC(c2ccccc2)c2ccccc2)CCCC1)OBOC(CCCNC(=N)N)NC(=O)C1(C(=O)NCC(c2ccccc2)c2ccccc2)CCCC1. The molecule has 2 aliphatic rings. The van der Waals surface area contributed by atoms with Crippen molar-refractivity contribution in [2.75, 3.05) is 26.2 Å². The zero-order chi connectivity index (χ0) is 48.9. The molecule has 12 N–H and O–H groups in total. The highest BCUT2D eigenvalue weighted by Gasteiger charge is 2.50. The third kappa shape index (κ3) is 14.6. The number of hydrogen-bond donors (Lipinski definition) is 10. The summed E-state index contributed by atoms with van der Waals surface area (Å²) in [6.45, 7) is 1.27. The first-order valence-corrected chi connectivity index (χ1v) is 24.3. The summed E-state index contributed by atoms with van der Waals surface area (Å²) in [5, 5.41) is 33.1. The van der Waals surface area contributed by atoms with Crippen LogP contribution in [0.15, 0.2) is 121 Å². The molecular formula is C52H69BN10O6. The molecule has 2 saturated carbocycles. The summed E-state index contributed by atoms with van der Waals surface area (Å²) in [5.74, 6) is -2.22. The average Bonchev–Trinajstić information content (AvgIpc) is 4.08. The second-order valence-electron chi connectivity index (χ2n) is 18.1. The van der Waals surface area contributed by atoms with Crippen molar-refractivity contribution >= 4 is 43.2 Å². The highest BCUT2D eigenvalue weighted by atomic mass is 16.6. The lowest BCUT2D eigenvalue weighted by Gasteiger charge is -2.31. The maximum absolute atomic E-state index is 14.4. The van der Waals surface area contributed by atoms with Gasteiger partial charge in [-0.25, -0.2) is 0 Å². The van der Waals surface area contributed by atoms with Gasteiger partial charge in [-0.1, -0.05) is 147 Å². The van der Waals surface area contributed by atoms with E-state index in [2.05, 4.69) is 31.9 Å². The van der Waals surface area contributed by atoms with Gasteiger partial charge in [-0.15, -0.1) is 0 Å². The van der Waals surface area contributed by atoms with Gasteiger partial charge < -0.3 is 52.7 Å². The van der Waals surface area contributed by atoms with E-state index in [1.165, 1.54) is 0 Å². The Balaban J connectivity index is 1.13. The fraction of sp³-hybridized carbons (Fsp3) is 0.423. The Kier molecular flexibility index (Phi) is 19.6. The number of hydrogen-bond acceptors (Lipinski definition) is 8. The van der Waals surface area contributed by atoms with Gasteiger partial charge >= 0.3 is 7.69 Å². The Labute approximate surface area is 406 Å². The van der Waals surface area contributed by atoms with E-state index in [9.17, 15) is 19.2 Å².